The second-order valence-corrected chi connectivity index (χ2v) is 6.67. The highest BCUT2D eigenvalue weighted by molar-refractivity contribution is 6.31. The second-order valence-electron chi connectivity index (χ2n) is 6.26. The van der Waals surface area contributed by atoms with Crippen molar-refractivity contribution in [2.24, 2.45) is 0 Å². The molecule has 0 atom stereocenters. The number of nitrogens with one attached hydrogen (secondary N) is 1. The van der Waals surface area contributed by atoms with Crippen molar-refractivity contribution in [1.29, 1.82) is 0 Å². The zero-order chi connectivity index (χ0) is 20.4. The summed E-state index contributed by atoms with van der Waals surface area (Å²) in [5.74, 6) is -0.791. The van der Waals surface area contributed by atoms with Crippen LogP contribution in [-0.2, 0) is 17.9 Å². The van der Waals surface area contributed by atoms with Gasteiger partial charge in [-0.15, -0.1) is 0 Å². The van der Waals surface area contributed by atoms with Gasteiger partial charge in [0.05, 0.1) is 0 Å². The van der Waals surface area contributed by atoms with Gasteiger partial charge >= 0.3 is 0 Å². The maximum atomic E-state index is 13.2. The molecule has 7 nitrogen and oxygen atoms in total. The number of nitrogens with zero attached hydrogens (tertiary/aromatic N) is 3. The van der Waals surface area contributed by atoms with Gasteiger partial charge in [0.25, 0.3) is 11.3 Å². The minimum absolute atomic E-state index is 0.0436. The molecule has 0 aliphatic rings. The molecule has 0 unspecified atom stereocenters. The first-order valence-electron chi connectivity index (χ1n) is 8.64. The standard InChI is InChI=1S/C20H14ClFN4O3/c21-15-4-2-1-3-13(15)9-23-16(27)10-26-11-24-19-17(20(26)28)18(25-29-19)12-5-7-14(22)8-6-12/h1-8,11H,9-10H2,(H,23,27). The molecule has 1 amide bonds. The number of hydrogen-bond acceptors (Lipinski definition) is 5. The average Bonchev–Trinajstić information content (AvgIpc) is 3.15. The normalized spacial score (nSPS) is 11.0. The monoisotopic (exact) mass is 412 g/mol. The van der Waals surface area contributed by atoms with Crippen LogP contribution in [0.5, 0.6) is 0 Å². The van der Waals surface area contributed by atoms with Gasteiger partial charge < -0.3 is 9.84 Å². The summed E-state index contributed by atoms with van der Waals surface area (Å²) in [6.07, 6.45) is 1.22. The summed E-state index contributed by atoms with van der Waals surface area (Å²) in [6, 6.07) is 12.6. The molecule has 2 heterocycles. The predicted molar refractivity (Wildman–Crippen MR) is 105 cm³/mol. The molecule has 2 aromatic carbocycles. The van der Waals surface area contributed by atoms with E-state index in [9.17, 15) is 14.0 Å². The highest BCUT2D eigenvalue weighted by atomic mass is 35.5. The van der Waals surface area contributed by atoms with E-state index in [1.165, 1.54) is 30.6 Å². The Hall–Kier alpha value is -3.52. The van der Waals surface area contributed by atoms with Crippen LogP contribution in [0, 0.1) is 5.82 Å². The molecule has 0 aliphatic carbocycles. The smallest absolute Gasteiger partial charge is 0.267 e. The van der Waals surface area contributed by atoms with Crippen LogP contribution in [0.25, 0.3) is 22.4 Å². The number of fused-ring (bicyclic) bond motifs is 1. The Kier molecular flexibility index (Phi) is 5.09. The minimum atomic E-state index is -0.483. The summed E-state index contributed by atoms with van der Waals surface area (Å²) in [5, 5.41) is 7.26. The summed E-state index contributed by atoms with van der Waals surface area (Å²) in [6.45, 7) is -0.00269. The Morgan fingerprint density at radius 3 is 2.69 bits per heavy atom. The van der Waals surface area contributed by atoms with Crippen molar-refractivity contribution in [3.05, 3.63) is 81.6 Å². The molecule has 2 aromatic heterocycles. The summed E-state index contributed by atoms with van der Waals surface area (Å²) in [5.41, 5.74) is 1.07. The van der Waals surface area contributed by atoms with Gasteiger partial charge in [0.1, 0.15) is 29.8 Å². The Bertz CT molecular complexity index is 1250. The van der Waals surface area contributed by atoms with E-state index in [1.54, 1.807) is 18.2 Å². The molecular weight excluding hydrogens is 399 g/mol. The maximum Gasteiger partial charge on any atom is 0.267 e. The third kappa shape index (κ3) is 3.88. The SMILES string of the molecule is O=C(Cn1cnc2onc(-c3ccc(F)cc3)c2c1=O)NCc1ccccc1Cl. The topological polar surface area (TPSA) is 90.0 Å². The fourth-order valence-corrected chi connectivity index (χ4v) is 3.05. The van der Waals surface area contributed by atoms with Crippen molar-refractivity contribution in [3.63, 3.8) is 0 Å². The van der Waals surface area contributed by atoms with E-state index in [0.29, 0.717) is 10.6 Å². The Morgan fingerprint density at radius 1 is 1.17 bits per heavy atom. The molecule has 29 heavy (non-hydrogen) atoms. The summed E-state index contributed by atoms with van der Waals surface area (Å²) in [7, 11) is 0. The first-order valence-corrected chi connectivity index (χ1v) is 9.01. The van der Waals surface area contributed by atoms with E-state index in [-0.39, 0.29) is 35.8 Å². The molecular formula is C20H14ClFN4O3. The van der Waals surface area contributed by atoms with Crippen LogP contribution in [-0.4, -0.2) is 20.6 Å². The Morgan fingerprint density at radius 2 is 1.93 bits per heavy atom. The van der Waals surface area contributed by atoms with Crippen molar-refractivity contribution in [1.82, 2.24) is 20.0 Å². The van der Waals surface area contributed by atoms with Crippen LogP contribution in [0.4, 0.5) is 4.39 Å². The van der Waals surface area contributed by atoms with E-state index in [1.807, 2.05) is 6.07 Å². The lowest BCUT2D eigenvalue weighted by Crippen LogP contribution is -2.32. The molecule has 0 saturated heterocycles. The van der Waals surface area contributed by atoms with Crippen LogP contribution in [0.3, 0.4) is 0 Å². The zero-order valence-electron chi connectivity index (χ0n) is 14.9. The third-order valence-electron chi connectivity index (χ3n) is 4.33. The Balaban J connectivity index is 1.58. The summed E-state index contributed by atoms with van der Waals surface area (Å²) < 4.78 is 19.4. The number of aromatic nitrogens is 3. The van der Waals surface area contributed by atoms with Gasteiger partial charge in [-0.3, -0.25) is 14.2 Å². The lowest BCUT2D eigenvalue weighted by atomic mass is 10.1. The van der Waals surface area contributed by atoms with Crippen molar-refractivity contribution in [3.8, 4) is 11.3 Å². The summed E-state index contributed by atoms with van der Waals surface area (Å²) in [4.78, 5) is 29.2. The molecule has 0 spiro atoms. The first-order chi connectivity index (χ1) is 14.0. The van der Waals surface area contributed by atoms with Crippen LogP contribution in [0.2, 0.25) is 5.02 Å². The van der Waals surface area contributed by atoms with E-state index in [4.69, 9.17) is 16.1 Å². The van der Waals surface area contributed by atoms with Gasteiger partial charge in [-0.05, 0) is 35.9 Å². The lowest BCUT2D eigenvalue weighted by molar-refractivity contribution is -0.121. The number of carbonyl (C=O) groups excluding carboxylic acids is 1. The van der Waals surface area contributed by atoms with E-state index >= 15 is 0 Å². The second kappa shape index (κ2) is 7.84. The molecule has 146 valence electrons. The highest BCUT2D eigenvalue weighted by Gasteiger charge is 2.18. The zero-order valence-corrected chi connectivity index (χ0v) is 15.7. The number of benzene rings is 2. The fraction of sp³-hybridized carbons (Fsp3) is 0.100. The number of hydrogen-bond donors (Lipinski definition) is 1. The summed E-state index contributed by atoms with van der Waals surface area (Å²) >= 11 is 6.07. The first kappa shape index (κ1) is 18.8. The molecule has 4 rings (SSSR count). The van der Waals surface area contributed by atoms with Gasteiger partial charge in [-0.25, -0.2) is 9.37 Å². The van der Waals surface area contributed by atoms with Crippen molar-refractivity contribution < 1.29 is 13.7 Å². The quantitative estimate of drug-likeness (QED) is 0.543. The van der Waals surface area contributed by atoms with Gasteiger partial charge in [0.2, 0.25) is 5.91 Å². The third-order valence-corrected chi connectivity index (χ3v) is 4.70. The molecule has 0 saturated carbocycles. The maximum absolute atomic E-state index is 13.2. The lowest BCUT2D eigenvalue weighted by Gasteiger charge is -2.08. The minimum Gasteiger partial charge on any atom is -0.350 e. The fourth-order valence-electron chi connectivity index (χ4n) is 2.84. The van der Waals surface area contributed by atoms with E-state index in [2.05, 4.69) is 15.5 Å². The molecule has 4 aromatic rings. The highest BCUT2D eigenvalue weighted by Crippen LogP contribution is 2.24. The number of carbonyl (C=O) groups is 1. The van der Waals surface area contributed by atoms with E-state index in [0.717, 1.165) is 10.1 Å². The van der Waals surface area contributed by atoms with E-state index < -0.39 is 11.4 Å². The van der Waals surface area contributed by atoms with Gasteiger partial charge in [-0.1, -0.05) is 35.0 Å². The van der Waals surface area contributed by atoms with Crippen LogP contribution >= 0.6 is 11.6 Å². The van der Waals surface area contributed by atoms with Gasteiger partial charge in [-0.2, -0.15) is 0 Å². The molecule has 0 fully saturated rings. The number of halogens is 2. The van der Waals surface area contributed by atoms with Crippen molar-refractivity contribution >= 4 is 28.6 Å². The van der Waals surface area contributed by atoms with Crippen LogP contribution in [0.15, 0.2) is 64.2 Å². The molecule has 1 N–H and O–H groups in total. The number of amides is 1. The van der Waals surface area contributed by atoms with Crippen LogP contribution in [0.1, 0.15) is 5.56 Å². The molecule has 0 aliphatic heterocycles. The number of rotatable bonds is 5. The molecule has 9 heteroatoms. The molecule has 0 bridgehead atoms. The van der Waals surface area contributed by atoms with Gasteiger partial charge in [0, 0.05) is 17.1 Å². The Labute approximate surface area is 168 Å². The predicted octanol–water partition coefficient (Wildman–Crippen LogP) is 3.16. The van der Waals surface area contributed by atoms with Crippen molar-refractivity contribution in [2.45, 2.75) is 13.1 Å². The van der Waals surface area contributed by atoms with Crippen LogP contribution < -0.4 is 10.9 Å². The average molecular weight is 413 g/mol. The molecule has 0 radical (unpaired) electrons. The van der Waals surface area contributed by atoms with Crippen molar-refractivity contribution in [2.75, 3.05) is 0 Å². The largest absolute Gasteiger partial charge is 0.350 e. The van der Waals surface area contributed by atoms with Gasteiger partial charge in [0.15, 0.2) is 0 Å².